The number of carbonyl (C=O) groups is 2. The quantitative estimate of drug-likeness (QED) is 0.554. The number of rotatable bonds is 4. The van der Waals surface area contributed by atoms with E-state index in [1.165, 1.54) is 4.90 Å². The Morgan fingerprint density at radius 2 is 1.92 bits per heavy atom. The zero-order chi connectivity index (χ0) is 17.3. The van der Waals surface area contributed by atoms with E-state index in [-0.39, 0.29) is 18.9 Å². The summed E-state index contributed by atoms with van der Waals surface area (Å²) in [5.41, 5.74) is 2.00. The molecule has 1 amide bonds. The van der Waals surface area contributed by atoms with E-state index in [0.717, 1.165) is 10.0 Å². The molecule has 2 aromatic rings. The average molecular weight is 407 g/mol. The van der Waals surface area contributed by atoms with Gasteiger partial charge in [-0.25, -0.2) is 0 Å². The fourth-order valence-corrected chi connectivity index (χ4v) is 3.22. The molecule has 2 aromatic carbocycles. The molecule has 0 saturated carbocycles. The molecule has 0 N–H and O–H groups in total. The fraction of sp³-hybridized carbons (Fsp3) is 0.111. The Morgan fingerprint density at radius 1 is 1.21 bits per heavy atom. The minimum Gasteiger partial charge on any atom is -0.425 e. The van der Waals surface area contributed by atoms with Crippen molar-refractivity contribution in [2.24, 2.45) is 0 Å². The highest BCUT2D eigenvalue weighted by atomic mass is 79.9. The number of amides is 1. The maximum absolute atomic E-state index is 12.4. The summed E-state index contributed by atoms with van der Waals surface area (Å²) in [6, 6.07) is 12.2. The van der Waals surface area contributed by atoms with E-state index < -0.39 is 5.97 Å². The maximum atomic E-state index is 12.4. The molecule has 122 valence electrons. The van der Waals surface area contributed by atoms with Gasteiger partial charge in [0.15, 0.2) is 0 Å². The summed E-state index contributed by atoms with van der Waals surface area (Å²) >= 11 is 9.31. The smallest absolute Gasteiger partial charge is 0.313 e. The number of carbonyl (C=O) groups excluding carboxylic acids is 2. The van der Waals surface area contributed by atoms with Crippen molar-refractivity contribution in [3.8, 4) is 5.75 Å². The van der Waals surface area contributed by atoms with Crippen LogP contribution in [-0.2, 0) is 4.79 Å². The highest BCUT2D eigenvalue weighted by Crippen LogP contribution is 2.31. The summed E-state index contributed by atoms with van der Waals surface area (Å²) in [6.07, 6.45) is 0.0468. The topological polar surface area (TPSA) is 46.6 Å². The fourth-order valence-electron chi connectivity index (χ4n) is 2.51. The summed E-state index contributed by atoms with van der Waals surface area (Å²) in [5, 5.41) is 0.340. The largest absolute Gasteiger partial charge is 0.425 e. The van der Waals surface area contributed by atoms with Crippen LogP contribution in [0.1, 0.15) is 22.3 Å². The summed E-state index contributed by atoms with van der Waals surface area (Å²) < 4.78 is 6.04. The van der Waals surface area contributed by atoms with E-state index in [0.29, 0.717) is 22.0 Å². The van der Waals surface area contributed by atoms with Gasteiger partial charge in [-0.3, -0.25) is 9.59 Å². The van der Waals surface area contributed by atoms with Gasteiger partial charge < -0.3 is 9.64 Å². The second kappa shape index (κ2) is 6.79. The van der Waals surface area contributed by atoms with Gasteiger partial charge in [-0.05, 0) is 24.3 Å². The van der Waals surface area contributed by atoms with Crippen LogP contribution in [0, 0.1) is 0 Å². The van der Waals surface area contributed by atoms with Crippen molar-refractivity contribution in [1.82, 2.24) is 4.90 Å². The minimum atomic E-state index is -0.462. The number of benzene rings is 2. The van der Waals surface area contributed by atoms with E-state index >= 15 is 0 Å². The second-order valence-corrected chi connectivity index (χ2v) is 6.57. The lowest BCUT2D eigenvalue weighted by Crippen LogP contribution is -2.26. The monoisotopic (exact) mass is 405 g/mol. The summed E-state index contributed by atoms with van der Waals surface area (Å²) in [5.74, 6) is -0.319. The number of hydrogen-bond acceptors (Lipinski definition) is 3. The third-order valence-electron chi connectivity index (χ3n) is 3.70. The van der Waals surface area contributed by atoms with Crippen LogP contribution in [-0.4, -0.2) is 23.3 Å². The molecule has 0 radical (unpaired) electrons. The zero-order valence-corrected chi connectivity index (χ0v) is 14.9. The van der Waals surface area contributed by atoms with Gasteiger partial charge >= 0.3 is 5.97 Å². The molecular weight excluding hydrogens is 394 g/mol. The van der Waals surface area contributed by atoms with Crippen LogP contribution in [0.3, 0.4) is 0 Å². The SMILES string of the molecule is C=C1c2ccccc2C(=O)N1CCC(=O)Oc1ccc(Br)cc1Cl. The predicted octanol–water partition coefficient (Wildman–Crippen LogP) is 4.52. The first-order valence-electron chi connectivity index (χ1n) is 7.23. The van der Waals surface area contributed by atoms with Crippen molar-refractivity contribution in [3.63, 3.8) is 0 Å². The molecule has 4 nitrogen and oxygen atoms in total. The van der Waals surface area contributed by atoms with Gasteiger partial charge in [-0.1, -0.05) is 52.3 Å². The van der Waals surface area contributed by atoms with Gasteiger partial charge in [-0.15, -0.1) is 0 Å². The second-order valence-electron chi connectivity index (χ2n) is 5.25. The Kier molecular flexibility index (Phi) is 4.73. The first-order valence-corrected chi connectivity index (χ1v) is 8.40. The van der Waals surface area contributed by atoms with E-state index in [4.69, 9.17) is 16.3 Å². The van der Waals surface area contributed by atoms with E-state index in [1.54, 1.807) is 30.3 Å². The number of fused-ring (bicyclic) bond motifs is 1. The van der Waals surface area contributed by atoms with Gasteiger partial charge in [0, 0.05) is 27.8 Å². The van der Waals surface area contributed by atoms with Crippen LogP contribution in [0.25, 0.3) is 5.70 Å². The van der Waals surface area contributed by atoms with Crippen LogP contribution >= 0.6 is 27.5 Å². The van der Waals surface area contributed by atoms with Crippen molar-refractivity contribution in [1.29, 1.82) is 0 Å². The Labute approximate surface area is 152 Å². The summed E-state index contributed by atoms with van der Waals surface area (Å²) in [6.45, 7) is 4.15. The molecule has 0 unspecified atom stereocenters. The molecular formula is C18H13BrClNO3. The first kappa shape index (κ1) is 16.7. The van der Waals surface area contributed by atoms with E-state index in [2.05, 4.69) is 22.5 Å². The van der Waals surface area contributed by atoms with Crippen molar-refractivity contribution in [2.75, 3.05) is 6.54 Å². The minimum absolute atomic E-state index is 0.0468. The number of halogens is 2. The van der Waals surface area contributed by atoms with Gasteiger partial charge in [0.05, 0.1) is 11.4 Å². The number of esters is 1. The van der Waals surface area contributed by atoms with E-state index in [1.807, 2.05) is 12.1 Å². The Hall–Kier alpha value is -2.11. The summed E-state index contributed by atoms with van der Waals surface area (Å²) in [7, 11) is 0. The molecule has 0 bridgehead atoms. The molecule has 3 rings (SSSR count). The molecule has 24 heavy (non-hydrogen) atoms. The molecule has 6 heteroatoms. The Bertz CT molecular complexity index is 815. The number of ether oxygens (including phenoxy) is 1. The van der Waals surface area contributed by atoms with Crippen molar-refractivity contribution >= 4 is 45.1 Å². The third kappa shape index (κ3) is 3.23. The van der Waals surface area contributed by atoms with Crippen molar-refractivity contribution < 1.29 is 14.3 Å². The van der Waals surface area contributed by atoms with Crippen LogP contribution < -0.4 is 4.74 Å². The zero-order valence-electron chi connectivity index (χ0n) is 12.6. The standard InChI is InChI=1S/C18H13BrClNO3/c1-11-13-4-2-3-5-14(13)18(23)21(11)9-8-17(22)24-16-7-6-12(19)10-15(16)20/h2-7,10H,1,8-9H2. The lowest BCUT2D eigenvalue weighted by Gasteiger charge is -2.16. The average Bonchev–Trinajstić information content (AvgIpc) is 2.80. The number of hydrogen-bond donors (Lipinski definition) is 0. The molecule has 1 heterocycles. The third-order valence-corrected chi connectivity index (χ3v) is 4.49. The lowest BCUT2D eigenvalue weighted by atomic mass is 10.1. The first-order chi connectivity index (χ1) is 11.5. The van der Waals surface area contributed by atoms with Crippen molar-refractivity contribution in [3.05, 3.63) is 69.7 Å². The van der Waals surface area contributed by atoms with Gasteiger partial charge in [0.25, 0.3) is 5.91 Å². The molecule has 0 atom stereocenters. The molecule has 0 aromatic heterocycles. The Balaban J connectivity index is 1.63. The molecule has 0 spiro atoms. The van der Waals surface area contributed by atoms with Gasteiger partial charge in [0.1, 0.15) is 5.75 Å². The predicted molar refractivity (Wildman–Crippen MR) is 95.9 cm³/mol. The molecule has 1 aliphatic rings. The number of nitrogens with zero attached hydrogens (tertiary/aromatic N) is 1. The Morgan fingerprint density at radius 3 is 2.58 bits per heavy atom. The van der Waals surface area contributed by atoms with E-state index in [9.17, 15) is 9.59 Å². The molecule has 0 aliphatic carbocycles. The van der Waals surface area contributed by atoms with Crippen LogP contribution in [0.2, 0.25) is 5.02 Å². The van der Waals surface area contributed by atoms with Crippen LogP contribution in [0.5, 0.6) is 5.75 Å². The lowest BCUT2D eigenvalue weighted by molar-refractivity contribution is -0.134. The van der Waals surface area contributed by atoms with Crippen molar-refractivity contribution in [2.45, 2.75) is 6.42 Å². The normalized spacial score (nSPS) is 13.2. The highest BCUT2D eigenvalue weighted by Gasteiger charge is 2.30. The molecule has 0 saturated heterocycles. The van der Waals surface area contributed by atoms with Gasteiger partial charge in [-0.2, -0.15) is 0 Å². The summed E-state index contributed by atoms with van der Waals surface area (Å²) in [4.78, 5) is 25.9. The molecule has 0 fully saturated rings. The maximum Gasteiger partial charge on any atom is 0.313 e. The highest BCUT2D eigenvalue weighted by molar-refractivity contribution is 9.10. The molecule has 1 aliphatic heterocycles. The van der Waals surface area contributed by atoms with Crippen LogP contribution in [0.4, 0.5) is 0 Å². The van der Waals surface area contributed by atoms with Crippen LogP contribution in [0.15, 0.2) is 53.5 Å². The van der Waals surface area contributed by atoms with Gasteiger partial charge in [0.2, 0.25) is 0 Å².